The maximum absolute atomic E-state index is 6.40. The van der Waals surface area contributed by atoms with Crippen LogP contribution in [0.5, 0.6) is 0 Å². The Morgan fingerprint density at radius 3 is 2.14 bits per heavy atom. The number of hydrogen-bond donors (Lipinski definition) is 1. The van der Waals surface area contributed by atoms with Gasteiger partial charge in [0, 0.05) is 32.7 Å². The zero-order valence-electron chi connectivity index (χ0n) is 23.7. The highest BCUT2D eigenvalue weighted by Crippen LogP contribution is 2.38. The van der Waals surface area contributed by atoms with Crippen LogP contribution < -0.4 is 5.32 Å². The molecule has 5 heteroatoms. The SMILES string of the molecule is c1ccc(C2=NC(n3c4ccccc4c4cc(-c5cccc6c5oc5ccccc56)ccc43)=NC(c3ccccc3)N2)cc1. The number of amidine groups is 1. The van der Waals surface area contributed by atoms with Crippen molar-refractivity contribution in [3.63, 3.8) is 0 Å². The van der Waals surface area contributed by atoms with E-state index in [1.165, 1.54) is 0 Å². The number of nitrogens with one attached hydrogen (secondary N) is 1. The Morgan fingerprint density at radius 2 is 1.27 bits per heavy atom. The summed E-state index contributed by atoms with van der Waals surface area (Å²) in [6.07, 6.45) is -0.278. The second-order valence-electron chi connectivity index (χ2n) is 11.1. The zero-order chi connectivity index (χ0) is 29.0. The first-order valence-corrected chi connectivity index (χ1v) is 14.8. The zero-order valence-corrected chi connectivity index (χ0v) is 23.7. The maximum Gasteiger partial charge on any atom is 0.234 e. The van der Waals surface area contributed by atoms with E-state index in [1.54, 1.807) is 0 Å². The number of rotatable bonds is 3. The second kappa shape index (κ2) is 9.82. The highest BCUT2D eigenvalue weighted by atomic mass is 16.3. The van der Waals surface area contributed by atoms with Crippen molar-refractivity contribution in [2.24, 2.45) is 9.98 Å². The molecular weight excluding hydrogens is 540 g/mol. The largest absolute Gasteiger partial charge is 0.455 e. The molecule has 0 fully saturated rings. The van der Waals surface area contributed by atoms with E-state index in [9.17, 15) is 0 Å². The van der Waals surface area contributed by atoms with Crippen molar-refractivity contribution < 1.29 is 4.42 Å². The van der Waals surface area contributed by atoms with E-state index in [4.69, 9.17) is 14.4 Å². The van der Waals surface area contributed by atoms with Gasteiger partial charge in [-0.25, -0.2) is 4.99 Å². The summed E-state index contributed by atoms with van der Waals surface area (Å²) in [6.45, 7) is 0. The van der Waals surface area contributed by atoms with Crippen molar-refractivity contribution in [3.05, 3.63) is 157 Å². The molecule has 0 radical (unpaired) electrons. The number of furan rings is 1. The summed E-state index contributed by atoms with van der Waals surface area (Å²) in [6, 6.07) is 50.3. The van der Waals surface area contributed by atoms with Crippen molar-refractivity contribution >= 4 is 55.5 Å². The molecule has 8 aromatic rings. The Labute approximate surface area is 253 Å². The Hall–Kier alpha value is -5.94. The number of para-hydroxylation sites is 3. The molecule has 0 saturated carbocycles. The summed E-state index contributed by atoms with van der Waals surface area (Å²) in [4.78, 5) is 10.3. The van der Waals surface area contributed by atoms with Gasteiger partial charge in [0.05, 0.1) is 11.0 Å². The van der Waals surface area contributed by atoms with Crippen LogP contribution in [-0.2, 0) is 0 Å². The predicted molar refractivity (Wildman–Crippen MR) is 180 cm³/mol. The molecule has 0 amide bonds. The third kappa shape index (κ3) is 3.87. The van der Waals surface area contributed by atoms with Crippen molar-refractivity contribution in [2.45, 2.75) is 6.17 Å². The predicted octanol–water partition coefficient (Wildman–Crippen LogP) is 9.31. The summed E-state index contributed by atoms with van der Waals surface area (Å²) in [5.41, 5.74) is 8.19. The molecule has 5 nitrogen and oxygen atoms in total. The molecule has 0 saturated heterocycles. The molecule has 0 spiro atoms. The molecule has 1 aliphatic heterocycles. The van der Waals surface area contributed by atoms with Crippen LogP contribution in [0.4, 0.5) is 0 Å². The van der Waals surface area contributed by atoms with Crippen molar-refractivity contribution in [1.29, 1.82) is 0 Å². The summed E-state index contributed by atoms with van der Waals surface area (Å²) in [5, 5.41) is 8.11. The van der Waals surface area contributed by atoms with E-state index in [-0.39, 0.29) is 6.17 Å². The molecule has 0 bridgehead atoms. The van der Waals surface area contributed by atoms with E-state index < -0.39 is 0 Å². The van der Waals surface area contributed by atoms with Crippen LogP contribution in [0, 0.1) is 0 Å². The lowest BCUT2D eigenvalue weighted by Crippen LogP contribution is -2.35. The standard InChI is InChI=1S/C39H26N4O/c1-3-12-25(13-4-1)37-40-38(26-14-5-2-6-15-26)42-39(41-37)43-33-20-9-7-16-29(33)32-24-27(22-23-34(32)43)28-18-11-19-31-30-17-8-10-21-35(30)44-36(28)31/h1-24,37H,(H,40,41,42). The van der Waals surface area contributed by atoms with E-state index >= 15 is 0 Å². The lowest BCUT2D eigenvalue weighted by atomic mass is 10.0. The topological polar surface area (TPSA) is 54.8 Å². The molecule has 44 heavy (non-hydrogen) atoms. The van der Waals surface area contributed by atoms with Gasteiger partial charge in [0.1, 0.15) is 23.2 Å². The minimum Gasteiger partial charge on any atom is -0.455 e. The highest BCUT2D eigenvalue weighted by Gasteiger charge is 2.24. The molecule has 9 rings (SSSR count). The van der Waals surface area contributed by atoms with Gasteiger partial charge in [0.15, 0.2) is 0 Å². The molecule has 208 valence electrons. The minimum absolute atomic E-state index is 0.278. The Morgan fingerprint density at radius 1 is 0.568 bits per heavy atom. The van der Waals surface area contributed by atoms with E-state index in [0.29, 0.717) is 5.96 Å². The van der Waals surface area contributed by atoms with Crippen LogP contribution in [-0.4, -0.2) is 16.4 Å². The first-order valence-electron chi connectivity index (χ1n) is 14.8. The van der Waals surface area contributed by atoms with Crippen molar-refractivity contribution in [2.75, 3.05) is 0 Å². The van der Waals surface area contributed by atoms with Gasteiger partial charge in [-0.2, -0.15) is 4.99 Å². The number of benzene rings is 6. The lowest BCUT2D eigenvalue weighted by molar-refractivity contribution is 0.668. The van der Waals surface area contributed by atoms with Crippen molar-refractivity contribution in [1.82, 2.24) is 9.88 Å². The second-order valence-corrected chi connectivity index (χ2v) is 11.1. The molecule has 2 aromatic heterocycles. The van der Waals surface area contributed by atoms with Gasteiger partial charge in [-0.15, -0.1) is 0 Å². The van der Waals surface area contributed by atoms with Crippen molar-refractivity contribution in [3.8, 4) is 11.1 Å². The summed E-state index contributed by atoms with van der Waals surface area (Å²) >= 11 is 0. The smallest absolute Gasteiger partial charge is 0.234 e. The third-order valence-corrected chi connectivity index (χ3v) is 8.48. The molecular formula is C39H26N4O. The minimum atomic E-state index is -0.278. The Balaban J connectivity index is 1.26. The third-order valence-electron chi connectivity index (χ3n) is 8.48. The van der Waals surface area contributed by atoms with E-state index in [0.717, 1.165) is 71.8 Å². The fourth-order valence-electron chi connectivity index (χ4n) is 6.41. The van der Waals surface area contributed by atoms with Gasteiger partial charge >= 0.3 is 0 Å². The molecule has 1 atom stereocenters. The van der Waals surface area contributed by atoms with E-state index in [1.807, 2.05) is 48.5 Å². The number of aromatic nitrogens is 1. The molecule has 6 aromatic carbocycles. The fraction of sp³-hybridized carbons (Fsp3) is 0.0256. The lowest BCUT2D eigenvalue weighted by Gasteiger charge is -2.24. The number of hydrogen-bond acceptors (Lipinski definition) is 4. The molecule has 1 aliphatic rings. The molecule has 1 unspecified atom stereocenters. The quantitative estimate of drug-likeness (QED) is 0.232. The van der Waals surface area contributed by atoms with Crippen LogP contribution in [0.3, 0.4) is 0 Å². The molecule has 0 aliphatic carbocycles. The van der Waals surface area contributed by atoms with Crippen LogP contribution >= 0.6 is 0 Å². The maximum atomic E-state index is 6.40. The average molecular weight is 567 g/mol. The van der Waals surface area contributed by atoms with Crippen LogP contribution in [0.1, 0.15) is 17.3 Å². The summed E-state index contributed by atoms with van der Waals surface area (Å²) in [5.74, 6) is 1.44. The van der Waals surface area contributed by atoms with Gasteiger partial charge in [0.25, 0.3) is 0 Å². The van der Waals surface area contributed by atoms with Gasteiger partial charge in [-0.3, -0.25) is 4.57 Å². The fourth-order valence-corrected chi connectivity index (χ4v) is 6.41. The Kier molecular flexibility index (Phi) is 5.50. The van der Waals surface area contributed by atoms with Crippen LogP contribution in [0.2, 0.25) is 0 Å². The van der Waals surface area contributed by atoms with Gasteiger partial charge in [0.2, 0.25) is 5.96 Å². The van der Waals surface area contributed by atoms with Gasteiger partial charge in [-0.05, 0) is 35.4 Å². The van der Waals surface area contributed by atoms with Gasteiger partial charge in [-0.1, -0.05) is 121 Å². The first-order chi connectivity index (χ1) is 21.8. The summed E-state index contributed by atoms with van der Waals surface area (Å²) in [7, 11) is 0. The van der Waals surface area contributed by atoms with Crippen LogP contribution in [0.15, 0.2) is 160 Å². The molecule has 3 heterocycles. The number of fused-ring (bicyclic) bond motifs is 6. The van der Waals surface area contributed by atoms with Gasteiger partial charge < -0.3 is 9.73 Å². The monoisotopic (exact) mass is 566 g/mol. The molecule has 1 N–H and O–H groups in total. The summed E-state index contributed by atoms with van der Waals surface area (Å²) < 4.78 is 8.59. The Bertz CT molecular complexity index is 2420. The first kappa shape index (κ1) is 24.6. The van der Waals surface area contributed by atoms with Crippen LogP contribution in [0.25, 0.3) is 54.9 Å². The normalized spacial score (nSPS) is 15.0. The number of aliphatic imine (C=N–C) groups is 2. The number of nitrogens with zero attached hydrogens (tertiary/aromatic N) is 3. The average Bonchev–Trinajstić information content (AvgIpc) is 3.64. The van der Waals surface area contributed by atoms with E-state index in [2.05, 4.69) is 107 Å². The highest BCUT2D eigenvalue weighted by molar-refractivity contribution is 6.18.